The second kappa shape index (κ2) is 4.14. The molecule has 0 bridgehead atoms. The van der Waals surface area contributed by atoms with E-state index in [1.807, 2.05) is 18.4 Å². The van der Waals surface area contributed by atoms with E-state index in [2.05, 4.69) is 0 Å². The van der Waals surface area contributed by atoms with Crippen molar-refractivity contribution in [3.05, 3.63) is 35.9 Å². The number of carbonyl (C=O) groups is 2. The van der Waals surface area contributed by atoms with Crippen LogP contribution >= 0.6 is 11.8 Å². The predicted molar refractivity (Wildman–Crippen MR) is 64.5 cm³/mol. The third kappa shape index (κ3) is 1.76. The highest BCUT2D eigenvalue weighted by atomic mass is 32.2. The number of nitrogens with zero attached hydrogens (tertiary/aromatic N) is 1. The van der Waals surface area contributed by atoms with Crippen LogP contribution in [0, 0.1) is 0 Å². The largest absolute Gasteiger partial charge is 0.269 e. The van der Waals surface area contributed by atoms with Crippen LogP contribution in [0.4, 0.5) is 5.69 Å². The molecule has 1 aliphatic heterocycles. The van der Waals surface area contributed by atoms with Crippen molar-refractivity contribution in [1.82, 2.24) is 0 Å². The lowest BCUT2D eigenvalue weighted by molar-refractivity contribution is -0.120. The van der Waals surface area contributed by atoms with Gasteiger partial charge in [-0.25, -0.2) is 4.90 Å². The van der Waals surface area contributed by atoms with Crippen molar-refractivity contribution in [3.8, 4) is 0 Å². The fourth-order valence-electron chi connectivity index (χ4n) is 1.56. The van der Waals surface area contributed by atoms with Gasteiger partial charge in [0.15, 0.2) is 0 Å². The summed E-state index contributed by atoms with van der Waals surface area (Å²) in [5, 5.41) is 0. The topological polar surface area (TPSA) is 37.4 Å². The van der Waals surface area contributed by atoms with Crippen LogP contribution < -0.4 is 4.90 Å². The first kappa shape index (κ1) is 11.0. The maximum atomic E-state index is 11.7. The monoisotopic (exact) mass is 233 g/mol. The van der Waals surface area contributed by atoms with Gasteiger partial charge in [-0.05, 0) is 37.4 Å². The van der Waals surface area contributed by atoms with Crippen LogP contribution in [-0.2, 0) is 9.59 Å². The summed E-state index contributed by atoms with van der Waals surface area (Å²) in [4.78, 5) is 25.6. The van der Waals surface area contributed by atoms with Crippen molar-refractivity contribution in [1.29, 1.82) is 0 Å². The average Bonchev–Trinajstić information content (AvgIpc) is 2.54. The Bertz CT molecular complexity index is 476. The molecule has 2 rings (SSSR count). The molecule has 0 atom stereocenters. The molecule has 0 unspecified atom stereocenters. The molecule has 1 heterocycles. The van der Waals surface area contributed by atoms with Crippen LogP contribution in [0.25, 0.3) is 0 Å². The van der Waals surface area contributed by atoms with Gasteiger partial charge in [0.2, 0.25) is 0 Å². The summed E-state index contributed by atoms with van der Waals surface area (Å²) in [6, 6.07) is 7.37. The molecule has 0 N–H and O–H groups in total. The molecule has 0 saturated heterocycles. The van der Waals surface area contributed by atoms with Crippen LogP contribution in [0.3, 0.4) is 0 Å². The minimum Gasteiger partial charge on any atom is -0.269 e. The lowest BCUT2D eigenvalue weighted by atomic mass is 10.3. The maximum Gasteiger partial charge on any atom is 0.261 e. The molecule has 0 aromatic heterocycles. The zero-order valence-corrected chi connectivity index (χ0v) is 9.88. The number of anilines is 1. The second-order valence-electron chi connectivity index (χ2n) is 3.50. The normalized spacial score (nSPS) is 15.6. The summed E-state index contributed by atoms with van der Waals surface area (Å²) < 4.78 is 0. The summed E-state index contributed by atoms with van der Waals surface area (Å²) >= 11 is 1.62. The Kier molecular flexibility index (Phi) is 2.83. The maximum absolute atomic E-state index is 11.7. The fraction of sp³-hybridized carbons (Fsp3) is 0.167. The first-order valence-corrected chi connectivity index (χ1v) is 6.06. The molecule has 1 aliphatic rings. The molecule has 0 aliphatic carbocycles. The Morgan fingerprint density at radius 3 is 2.19 bits per heavy atom. The van der Waals surface area contributed by atoms with Crippen molar-refractivity contribution in [2.45, 2.75) is 11.8 Å². The van der Waals surface area contributed by atoms with Crippen LogP contribution in [0.1, 0.15) is 6.92 Å². The minimum atomic E-state index is -0.264. The number of hydrogen-bond acceptors (Lipinski definition) is 3. The van der Waals surface area contributed by atoms with Crippen molar-refractivity contribution in [2.24, 2.45) is 0 Å². The van der Waals surface area contributed by atoms with Crippen molar-refractivity contribution in [3.63, 3.8) is 0 Å². The van der Waals surface area contributed by atoms with E-state index in [4.69, 9.17) is 0 Å². The Hall–Kier alpha value is -1.55. The molecule has 0 saturated carbocycles. The van der Waals surface area contributed by atoms with Crippen LogP contribution in [0.5, 0.6) is 0 Å². The summed E-state index contributed by atoms with van der Waals surface area (Å²) in [5.74, 6) is -0.499. The molecule has 0 radical (unpaired) electrons. The quantitative estimate of drug-likeness (QED) is 0.580. The van der Waals surface area contributed by atoms with Crippen molar-refractivity contribution < 1.29 is 9.59 Å². The van der Waals surface area contributed by atoms with Crippen LogP contribution in [0.15, 0.2) is 40.8 Å². The van der Waals surface area contributed by atoms with Crippen molar-refractivity contribution in [2.75, 3.05) is 11.2 Å². The van der Waals surface area contributed by atoms with E-state index in [1.165, 1.54) is 11.0 Å². The third-order valence-electron chi connectivity index (χ3n) is 2.43. The van der Waals surface area contributed by atoms with E-state index >= 15 is 0 Å². The number of rotatable bonds is 2. The van der Waals surface area contributed by atoms with E-state index < -0.39 is 0 Å². The number of benzene rings is 1. The first-order valence-electron chi connectivity index (χ1n) is 4.84. The molecule has 1 aromatic rings. The zero-order chi connectivity index (χ0) is 11.7. The fourth-order valence-corrected chi connectivity index (χ4v) is 1.97. The molecule has 4 heteroatoms. The van der Waals surface area contributed by atoms with Gasteiger partial charge in [0.25, 0.3) is 11.8 Å². The van der Waals surface area contributed by atoms with Gasteiger partial charge in [0.05, 0.1) is 5.69 Å². The van der Waals surface area contributed by atoms with Crippen LogP contribution in [0.2, 0.25) is 0 Å². The Labute approximate surface area is 98.1 Å². The molecule has 82 valence electrons. The number of imide groups is 1. The van der Waals surface area contributed by atoms with E-state index in [-0.39, 0.29) is 11.8 Å². The standard InChI is InChI=1S/C12H11NO2S/c1-8-7-11(14)13(12(8)15)9-3-5-10(16-2)6-4-9/h3-7H,1-2H3. The number of amides is 2. The molecule has 1 aromatic carbocycles. The molecular weight excluding hydrogens is 222 g/mol. The first-order chi connectivity index (χ1) is 7.63. The Morgan fingerprint density at radius 1 is 1.12 bits per heavy atom. The molecule has 0 spiro atoms. The molecular formula is C12H11NO2S. The van der Waals surface area contributed by atoms with Gasteiger partial charge in [-0.15, -0.1) is 11.8 Å². The molecule has 3 nitrogen and oxygen atoms in total. The summed E-state index contributed by atoms with van der Waals surface area (Å²) in [6.07, 6.45) is 3.34. The van der Waals surface area contributed by atoms with E-state index in [0.717, 1.165) is 4.90 Å². The Balaban J connectivity index is 2.32. The van der Waals surface area contributed by atoms with Gasteiger partial charge < -0.3 is 0 Å². The highest BCUT2D eigenvalue weighted by Gasteiger charge is 2.29. The number of hydrogen-bond donors (Lipinski definition) is 0. The number of carbonyl (C=O) groups excluding carboxylic acids is 2. The van der Waals surface area contributed by atoms with Gasteiger partial charge in [0, 0.05) is 16.5 Å². The Morgan fingerprint density at radius 2 is 1.75 bits per heavy atom. The van der Waals surface area contributed by atoms with E-state index in [9.17, 15) is 9.59 Å². The minimum absolute atomic E-state index is 0.234. The van der Waals surface area contributed by atoms with Crippen LogP contribution in [-0.4, -0.2) is 18.1 Å². The molecule has 0 fully saturated rings. The molecule has 16 heavy (non-hydrogen) atoms. The van der Waals surface area contributed by atoms with Gasteiger partial charge in [0.1, 0.15) is 0 Å². The summed E-state index contributed by atoms with van der Waals surface area (Å²) in [6.45, 7) is 1.65. The van der Waals surface area contributed by atoms with Gasteiger partial charge in [-0.1, -0.05) is 0 Å². The van der Waals surface area contributed by atoms with Crippen molar-refractivity contribution >= 4 is 29.3 Å². The smallest absolute Gasteiger partial charge is 0.261 e. The summed E-state index contributed by atoms with van der Waals surface area (Å²) in [5.41, 5.74) is 1.11. The average molecular weight is 233 g/mol. The zero-order valence-electron chi connectivity index (χ0n) is 9.06. The lowest BCUT2D eigenvalue weighted by Gasteiger charge is -2.14. The number of thioether (sulfide) groups is 1. The van der Waals surface area contributed by atoms with E-state index in [1.54, 1.807) is 30.8 Å². The van der Waals surface area contributed by atoms with E-state index in [0.29, 0.717) is 11.3 Å². The summed E-state index contributed by atoms with van der Waals surface area (Å²) in [7, 11) is 0. The van der Waals surface area contributed by atoms with Gasteiger partial charge in [-0.2, -0.15) is 0 Å². The highest BCUT2D eigenvalue weighted by Crippen LogP contribution is 2.24. The van der Waals surface area contributed by atoms with Gasteiger partial charge >= 0.3 is 0 Å². The lowest BCUT2D eigenvalue weighted by Crippen LogP contribution is -2.30. The highest BCUT2D eigenvalue weighted by molar-refractivity contribution is 7.98. The predicted octanol–water partition coefficient (Wildman–Crippen LogP) is 2.23. The SMILES string of the molecule is CSc1ccc(N2C(=O)C=C(C)C2=O)cc1. The third-order valence-corrected chi connectivity index (χ3v) is 3.17. The van der Waals surface area contributed by atoms with Gasteiger partial charge in [-0.3, -0.25) is 9.59 Å². The molecule has 2 amide bonds. The second-order valence-corrected chi connectivity index (χ2v) is 4.38.